The van der Waals surface area contributed by atoms with Gasteiger partial charge in [0.05, 0.1) is 17.0 Å². The first-order chi connectivity index (χ1) is 9.43. The molecular weight excluding hydrogens is 427 g/mol. The lowest BCUT2D eigenvalue weighted by Crippen LogP contribution is -1.97. The van der Waals surface area contributed by atoms with E-state index < -0.39 is 0 Å². The van der Waals surface area contributed by atoms with Crippen molar-refractivity contribution in [2.45, 2.75) is 11.8 Å². The third-order valence-corrected chi connectivity index (χ3v) is 5.30. The number of halogens is 4. The van der Waals surface area contributed by atoms with Crippen LogP contribution in [0.2, 0.25) is 10.0 Å². The highest BCUT2D eigenvalue weighted by atomic mass is 79.9. The van der Waals surface area contributed by atoms with Crippen LogP contribution in [0.1, 0.15) is 21.5 Å². The first-order valence-corrected chi connectivity index (χ1v) is 8.33. The Labute approximate surface area is 145 Å². The minimum absolute atomic E-state index is 0.0484. The Kier molecular flexibility index (Phi) is 5.41. The molecule has 0 radical (unpaired) electrons. The molecule has 1 nitrogen and oxygen atoms in total. The molecule has 2 aromatic rings. The van der Waals surface area contributed by atoms with E-state index in [1.165, 1.54) is 5.56 Å². The largest absolute Gasteiger partial charge is 0.495 e. The van der Waals surface area contributed by atoms with E-state index in [1.54, 1.807) is 13.2 Å². The van der Waals surface area contributed by atoms with E-state index in [9.17, 15) is 0 Å². The maximum atomic E-state index is 6.33. The van der Waals surface area contributed by atoms with Gasteiger partial charge in [-0.15, -0.1) is 0 Å². The van der Waals surface area contributed by atoms with E-state index in [0.29, 0.717) is 15.8 Å². The lowest BCUT2D eigenvalue weighted by molar-refractivity contribution is 0.415. The summed E-state index contributed by atoms with van der Waals surface area (Å²) in [5.74, 6) is 0.573. The predicted molar refractivity (Wildman–Crippen MR) is 92.7 cm³/mol. The van der Waals surface area contributed by atoms with Gasteiger partial charge in [0.25, 0.3) is 0 Å². The first-order valence-electron chi connectivity index (χ1n) is 5.87. The number of hydrogen-bond donors (Lipinski definition) is 0. The van der Waals surface area contributed by atoms with Crippen molar-refractivity contribution in [2.24, 2.45) is 0 Å². The Morgan fingerprint density at radius 2 is 1.75 bits per heavy atom. The summed E-state index contributed by atoms with van der Waals surface area (Å²) < 4.78 is 6.19. The van der Waals surface area contributed by atoms with Crippen LogP contribution in [-0.2, 0) is 0 Å². The van der Waals surface area contributed by atoms with Gasteiger partial charge >= 0.3 is 0 Å². The SMILES string of the molecule is COc1cc(Cl)c(C(Br)c2cc(C)ccc2Br)cc1Cl. The quantitative estimate of drug-likeness (QED) is 0.493. The molecule has 0 aliphatic heterocycles. The fourth-order valence-corrected chi connectivity index (χ4v) is 4.10. The molecule has 1 atom stereocenters. The maximum Gasteiger partial charge on any atom is 0.138 e. The van der Waals surface area contributed by atoms with Crippen molar-refractivity contribution in [2.75, 3.05) is 7.11 Å². The molecule has 0 fully saturated rings. The second-order valence-electron chi connectivity index (χ2n) is 4.40. The number of methoxy groups -OCH3 is 1. The van der Waals surface area contributed by atoms with Crippen LogP contribution in [0.3, 0.4) is 0 Å². The number of aryl methyl sites for hydroxylation is 1. The van der Waals surface area contributed by atoms with Crippen molar-refractivity contribution >= 4 is 55.1 Å². The molecule has 0 saturated heterocycles. The van der Waals surface area contributed by atoms with Crippen LogP contribution in [0.5, 0.6) is 5.75 Å². The molecule has 0 N–H and O–H groups in total. The molecule has 0 heterocycles. The van der Waals surface area contributed by atoms with Crippen molar-refractivity contribution < 1.29 is 4.74 Å². The van der Waals surface area contributed by atoms with E-state index >= 15 is 0 Å². The molecule has 1 unspecified atom stereocenters. The van der Waals surface area contributed by atoms with Crippen LogP contribution >= 0.6 is 55.1 Å². The molecule has 106 valence electrons. The number of benzene rings is 2. The Bertz CT molecular complexity index is 644. The van der Waals surface area contributed by atoms with E-state index in [-0.39, 0.29) is 4.83 Å². The summed E-state index contributed by atoms with van der Waals surface area (Å²) in [6.07, 6.45) is 0. The molecule has 0 spiro atoms. The fraction of sp³-hybridized carbons (Fsp3) is 0.200. The van der Waals surface area contributed by atoms with E-state index in [1.807, 2.05) is 12.1 Å². The average Bonchev–Trinajstić information content (AvgIpc) is 2.42. The number of ether oxygens (including phenoxy) is 1. The van der Waals surface area contributed by atoms with Gasteiger partial charge in [0.1, 0.15) is 5.75 Å². The van der Waals surface area contributed by atoms with Crippen LogP contribution in [-0.4, -0.2) is 7.11 Å². The van der Waals surface area contributed by atoms with Crippen LogP contribution in [0.15, 0.2) is 34.8 Å². The van der Waals surface area contributed by atoms with Crippen LogP contribution in [0.25, 0.3) is 0 Å². The Hall–Kier alpha value is -0.220. The standard InChI is InChI=1S/C15H12Br2Cl2O/c1-8-3-4-11(16)9(5-8)15(17)10-6-13(19)14(20-2)7-12(10)18/h3-7,15H,1-2H3. The summed E-state index contributed by atoms with van der Waals surface area (Å²) in [4.78, 5) is -0.0484. The third kappa shape index (κ3) is 3.33. The van der Waals surface area contributed by atoms with E-state index in [0.717, 1.165) is 15.6 Å². The van der Waals surface area contributed by atoms with E-state index in [4.69, 9.17) is 27.9 Å². The highest BCUT2D eigenvalue weighted by molar-refractivity contribution is 9.11. The second-order valence-corrected chi connectivity index (χ2v) is 6.98. The van der Waals surface area contributed by atoms with Gasteiger partial charge in [-0.05, 0) is 30.2 Å². The summed E-state index contributed by atoms with van der Waals surface area (Å²) >= 11 is 19.8. The monoisotopic (exact) mass is 436 g/mol. The highest BCUT2D eigenvalue weighted by Crippen LogP contribution is 2.42. The zero-order valence-electron chi connectivity index (χ0n) is 10.9. The highest BCUT2D eigenvalue weighted by Gasteiger charge is 2.19. The van der Waals surface area contributed by atoms with Gasteiger partial charge in [0, 0.05) is 15.6 Å². The van der Waals surface area contributed by atoms with Crippen molar-refractivity contribution in [3.05, 3.63) is 61.5 Å². The topological polar surface area (TPSA) is 9.23 Å². The summed E-state index contributed by atoms with van der Waals surface area (Å²) in [7, 11) is 1.57. The molecule has 20 heavy (non-hydrogen) atoms. The van der Waals surface area contributed by atoms with Crippen LogP contribution < -0.4 is 4.74 Å². The zero-order valence-corrected chi connectivity index (χ0v) is 15.6. The maximum absolute atomic E-state index is 6.33. The molecule has 0 saturated carbocycles. The van der Waals surface area contributed by atoms with Gasteiger partial charge < -0.3 is 4.74 Å². The summed E-state index contributed by atoms with van der Waals surface area (Å²) in [5.41, 5.74) is 3.19. The third-order valence-electron chi connectivity index (χ3n) is 2.97. The minimum Gasteiger partial charge on any atom is -0.495 e. The lowest BCUT2D eigenvalue weighted by atomic mass is 10.0. The van der Waals surface area contributed by atoms with Crippen molar-refractivity contribution in [1.29, 1.82) is 0 Å². The second kappa shape index (κ2) is 6.69. The first kappa shape index (κ1) is 16.2. The normalized spacial score (nSPS) is 12.3. The van der Waals surface area contributed by atoms with Crippen LogP contribution in [0, 0.1) is 6.92 Å². The molecule has 0 aliphatic carbocycles. The fourth-order valence-electron chi connectivity index (χ4n) is 1.92. The molecule has 2 rings (SSSR count). The molecule has 0 amide bonds. The number of rotatable bonds is 3. The summed E-state index contributed by atoms with van der Waals surface area (Å²) in [6, 6.07) is 9.75. The summed E-state index contributed by atoms with van der Waals surface area (Å²) in [5, 5.41) is 1.15. The zero-order chi connectivity index (χ0) is 14.9. The smallest absolute Gasteiger partial charge is 0.138 e. The molecule has 0 bridgehead atoms. The lowest BCUT2D eigenvalue weighted by Gasteiger charge is -2.16. The molecule has 0 aliphatic rings. The Morgan fingerprint density at radius 3 is 2.40 bits per heavy atom. The van der Waals surface area contributed by atoms with Crippen molar-refractivity contribution in [1.82, 2.24) is 0 Å². The molecule has 2 aromatic carbocycles. The molecular formula is C15H12Br2Cl2O. The summed E-state index contributed by atoms with van der Waals surface area (Å²) in [6.45, 7) is 2.05. The van der Waals surface area contributed by atoms with Crippen molar-refractivity contribution in [3.8, 4) is 5.75 Å². The van der Waals surface area contributed by atoms with Gasteiger partial charge in [-0.3, -0.25) is 0 Å². The minimum atomic E-state index is -0.0484. The van der Waals surface area contributed by atoms with Gasteiger partial charge in [0.15, 0.2) is 0 Å². The van der Waals surface area contributed by atoms with Gasteiger partial charge in [-0.2, -0.15) is 0 Å². The van der Waals surface area contributed by atoms with E-state index in [2.05, 4.69) is 50.9 Å². The van der Waals surface area contributed by atoms with Crippen molar-refractivity contribution in [3.63, 3.8) is 0 Å². The van der Waals surface area contributed by atoms with Crippen LogP contribution in [0.4, 0.5) is 0 Å². The van der Waals surface area contributed by atoms with Gasteiger partial charge in [-0.25, -0.2) is 0 Å². The van der Waals surface area contributed by atoms with Gasteiger partial charge in [0.2, 0.25) is 0 Å². The number of hydrogen-bond acceptors (Lipinski definition) is 1. The number of alkyl halides is 1. The molecule has 0 aromatic heterocycles. The Balaban J connectivity index is 2.50. The average molecular weight is 439 g/mol. The molecule has 5 heteroatoms. The van der Waals surface area contributed by atoms with Gasteiger partial charge in [-0.1, -0.05) is 72.8 Å². The Morgan fingerprint density at radius 1 is 1.05 bits per heavy atom. The predicted octanol–water partition coefficient (Wildman–Crippen LogP) is 6.56.